The second-order valence-electron chi connectivity index (χ2n) is 6.50. The molecule has 0 saturated heterocycles. The third-order valence-corrected chi connectivity index (χ3v) is 5.58. The quantitative estimate of drug-likeness (QED) is 0.613. The van der Waals surface area contributed by atoms with Gasteiger partial charge in [0.1, 0.15) is 5.76 Å². The molecule has 0 fully saturated rings. The van der Waals surface area contributed by atoms with Gasteiger partial charge in [-0.3, -0.25) is 4.79 Å². The minimum Gasteiger partial charge on any atom is -0.463 e. The maximum absolute atomic E-state index is 12.8. The highest BCUT2D eigenvalue weighted by Crippen LogP contribution is 2.45. The topological polar surface area (TPSA) is 68.5 Å². The van der Waals surface area contributed by atoms with Crippen LogP contribution in [0.4, 0.5) is 0 Å². The van der Waals surface area contributed by atoms with Crippen LogP contribution in [0.15, 0.2) is 38.1 Å². The Morgan fingerprint density at radius 2 is 2.12 bits per heavy atom. The number of allylic oxidation sites excluding steroid dienone is 3. The number of Topliss-reactive ketones (excluding diaryl/α,β-unsaturated/α-hetero) is 1. The third-order valence-electron chi connectivity index (χ3n) is 4.80. The minimum atomic E-state index is -0.423. The highest BCUT2D eigenvalue weighted by atomic mass is 32.2. The summed E-state index contributed by atoms with van der Waals surface area (Å²) in [5.41, 5.74) is 3.78. The molecule has 0 amide bonds. The lowest BCUT2D eigenvalue weighted by Crippen LogP contribution is -2.34. The first-order valence-corrected chi connectivity index (χ1v) is 10.1. The van der Waals surface area contributed by atoms with Crippen LogP contribution in [0.1, 0.15) is 57.3 Å². The average Bonchev–Trinajstić information content (AvgIpc) is 2.94. The van der Waals surface area contributed by atoms with Crippen molar-refractivity contribution < 1.29 is 18.7 Å². The number of esters is 1. The maximum Gasteiger partial charge on any atom is 0.336 e. The zero-order valence-electron chi connectivity index (χ0n) is 15.7. The van der Waals surface area contributed by atoms with Crippen LogP contribution in [0.5, 0.6) is 0 Å². The fourth-order valence-corrected chi connectivity index (χ4v) is 4.42. The zero-order chi connectivity index (χ0) is 18.8. The Kier molecular flexibility index (Phi) is 5.61. The number of ether oxygens (including phenoxy) is 1. The lowest BCUT2D eigenvalue weighted by molar-refractivity contribution is -0.138. The van der Waals surface area contributed by atoms with Crippen LogP contribution in [-0.4, -0.2) is 24.1 Å². The van der Waals surface area contributed by atoms with E-state index in [-0.39, 0.29) is 11.8 Å². The Hall–Kier alpha value is -1.95. The molecule has 0 unspecified atom stereocenters. The monoisotopic (exact) mass is 375 g/mol. The Morgan fingerprint density at radius 1 is 1.35 bits per heavy atom. The van der Waals surface area contributed by atoms with Crippen molar-refractivity contribution in [3.63, 3.8) is 0 Å². The molecule has 2 aliphatic rings. The van der Waals surface area contributed by atoms with Crippen LogP contribution in [0.3, 0.4) is 0 Å². The van der Waals surface area contributed by atoms with Crippen LogP contribution in [-0.2, 0) is 14.3 Å². The summed E-state index contributed by atoms with van der Waals surface area (Å²) in [6.45, 7) is 7.91. The van der Waals surface area contributed by atoms with E-state index in [0.29, 0.717) is 24.2 Å². The molecular formula is C20H25NO4S. The summed E-state index contributed by atoms with van der Waals surface area (Å²) in [5, 5.41) is 4.10. The Morgan fingerprint density at radius 3 is 2.81 bits per heavy atom. The number of rotatable bonds is 5. The molecule has 1 aliphatic heterocycles. The van der Waals surface area contributed by atoms with Crippen molar-refractivity contribution in [3.05, 3.63) is 39.9 Å². The van der Waals surface area contributed by atoms with Gasteiger partial charge in [0.15, 0.2) is 10.9 Å². The molecule has 1 aromatic rings. The molecule has 0 saturated carbocycles. The summed E-state index contributed by atoms with van der Waals surface area (Å²) in [5.74, 6) is 0.937. The first kappa shape index (κ1) is 18.8. The molecule has 1 N–H and O–H groups in total. The number of hydrogen-bond donors (Lipinski definition) is 1. The van der Waals surface area contributed by atoms with E-state index in [1.54, 1.807) is 18.7 Å². The van der Waals surface area contributed by atoms with Crippen molar-refractivity contribution in [1.82, 2.24) is 5.32 Å². The standard InChI is InChI=1S/C20H25NO4S/c1-5-24-20(23)17-11(3)21-14-8-7-9-15(22)19(14)18(17)13-10-16(26-6-2)25-12(13)4/h10,18,21H,5-9H2,1-4H3/t18-/m1/s1. The Balaban J connectivity index is 2.15. The van der Waals surface area contributed by atoms with Gasteiger partial charge in [0.25, 0.3) is 0 Å². The highest BCUT2D eigenvalue weighted by Gasteiger charge is 2.40. The van der Waals surface area contributed by atoms with E-state index in [1.807, 2.05) is 19.9 Å². The van der Waals surface area contributed by atoms with Crippen molar-refractivity contribution in [2.24, 2.45) is 0 Å². The number of carbonyl (C=O) groups excluding carboxylic acids is 2. The molecule has 1 atom stereocenters. The van der Waals surface area contributed by atoms with Crippen molar-refractivity contribution in [2.45, 2.75) is 58.0 Å². The predicted octanol–water partition coefficient (Wildman–Crippen LogP) is 4.23. The van der Waals surface area contributed by atoms with E-state index in [0.717, 1.165) is 46.4 Å². The normalized spacial score (nSPS) is 20.2. The molecule has 0 radical (unpaired) electrons. The lowest BCUT2D eigenvalue weighted by atomic mass is 9.75. The van der Waals surface area contributed by atoms with Gasteiger partial charge >= 0.3 is 5.97 Å². The second kappa shape index (κ2) is 7.74. The summed E-state index contributed by atoms with van der Waals surface area (Å²) >= 11 is 1.61. The summed E-state index contributed by atoms with van der Waals surface area (Å²) in [7, 11) is 0. The van der Waals surface area contributed by atoms with Gasteiger partial charge in [0, 0.05) is 29.0 Å². The van der Waals surface area contributed by atoms with Crippen molar-refractivity contribution in [1.29, 1.82) is 0 Å². The fraction of sp³-hybridized carbons (Fsp3) is 0.500. The van der Waals surface area contributed by atoms with Crippen LogP contribution >= 0.6 is 11.8 Å². The van der Waals surface area contributed by atoms with E-state index in [2.05, 4.69) is 12.2 Å². The molecular weight excluding hydrogens is 350 g/mol. The van der Waals surface area contributed by atoms with Gasteiger partial charge in [-0.05, 0) is 45.4 Å². The molecule has 26 heavy (non-hydrogen) atoms. The SMILES string of the molecule is CCOC(=O)C1=C(C)NC2=C(C(=O)CCC2)[C@@H]1c1cc(SCC)oc1C. The number of thioether (sulfide) groups is 1. The Labute approximate surface area is 158 Å². The van der Waals surface area contributed by atoms with Gasteiger partial charge in [-0.1, -0.05) is 18.7 Å². The van der Waals surface area contributed by atoms with Gasteiger partial charge < -0.3 is 14.5 Å². The number of ketones is 1. The predicted molar refractivity (Wildman–Crippen MR) is 101 cm³/mol. The second-order valence-corrected chi connectivity index (χ2v) is 7.76. The number of hydrogen-bond acceptors (Lipinski definition) is 6. The van der Waals surface area contributed by atoms with E-state index >= 15 is 0 Å². The fourth-order valence-electron chi connectivity index (χ4n) is 3.74. The van der Waals surface area contributed by atoms with E-state index < -0.39 is 5.92 Å². The molecule has 1 aromatic heterocycles. The highest BCUT2D eigenvalue weighted by molar-refractivity contribution is 7.99. The Bertz CT molecular complexity index is 803. The summed E-state index contributed by atoms with van der Waals surface area (Å²) in [6, 6.07) is 1.97. The number of carbonyl (C=O) groups is 2. The smallest absolute Gasteiger partial charge is 0.336 e. The van der Waals surface area contributed by atoms with Crippen molar-refractivity contribution in [3.8, 4) is 0 Å². The first-order valence-electron chi connectivity index (χ1n) is 9.12. The van der Waals surface area contributed by atoms with Gasteiger partial charge in [0.2, 0.25) is 0 Å². The number of nitrogens with one attached hydrogen (secondary N) is 1. The first-order chi connectivity index (χ1) is 12.5. The maximum atomic E-state index is 12.8. The summed E-state index contributed by atoms with van der Waals surface area (Å²) < 4.78 is 11.2. The van der Waals surface area contributed by atoms with Gasteiger partial charge in [-0.15, -0.1) is 0 Å². The van der Waals surface area contributed by atoms with Crippen molar-refractivity contribution >= 4 is 23.5 Å². The van der Waals surface area contributed by atoms with Gasteiger partial charge in [-0.2, -0.15) is 0 Å². The summed E-state index contributed by atoms with van der Waals surface area (Å²) in [6.07, 6.45) is 2.17. The van der Waals surface area contributed by atoms with Gasteiger partial charge in [-0.25, -0.2) is 4.79 Å². The molecule has 0 spiro atoms. The third kappa shape index (κ3) is 3.34. The lowest BCUT2D eigenvalue weighted by Gasteiger charge is -2.33. The zero-order valence-corrected chi connectivity index (χ0v) is 16.5. The van der Waals surface area contributed by atoms with E-state index in [1.165, 1.54) is 0 Å². The van der Waals surface area contributed by atoms with Crippen LogP contribution < -0.4 is 5.32 Å². The number of furan rings is 1. The molecule has 3 rings (SSSR count). The molecule has 6 heteroatoms. The molecule has 140 valence electrons. The minimum absolute atomic E-state index is 0.100. The molecule has 0 aromatic carbocycles. The average molecular weight is 375 g/mol. The van der Waals surface area contributed by atoms with Crippen molar-refractivity contribution in [2.75, 3.05) is 12.4 Å². The number of dihydropyridines is 1. The van der Waals surface area contributed by atoms with Crippen LogP contribution in [0.2, 0.25) is 0 Å². The molecule has 2 heterocycles. The number of aryl methyl sites for hydroxylation is 1. The summed E-state index contributed by atoms with van der Waals surface area (Å²) in [4.78, 5) is 25.5. The molecule has 5 nitrogen and oxygen atoms in total. The van der Waals surface area contributed by atoms with E-state index in [9.17, 15) is 9.59 Å². The van der Waals surface area contributed by atoms with E-state index in [4.69, 9.17) is 9.15 Å². The van der Waals surface area contributed by atoms with Crippen LogP contribution in [0, 0.1) is 6.92 Å². The molecule has 1 aliphatic carbocycles. The van der Waals surface area contributed by atoms with Gasteiger partial charge in [0.05, 0.1) is 18.1 Å². The molecule has 0 bridgehead atoms. The van der Waals surface area contributed by atoms with Crippen LogP contribution in [0.25, 0.3) is 0 Å². The largest absolute Gasteiger partial charge is 0.463 e.